The van der Waals surface area contributed by atoms with Crippen LogP contribution < -0.4 is 7.16 Å². The molecule has 88 valence electrons. The molecule has 0 N–H and O–H groups in total. The minimum absolute atomic E-state index is 1.12. The van der Waals surface area contributed by atoms with Gasteiger partial charge in [0.2, 0.25) is 0 Å². The molecule has 0 aliphatic rings. The van der Waals surface area contributed by atoms with Crippen molar-refractivity contribution in [2.24, 2.45) is 0 Å². The van der Waals surface area contributed by atoms with E-state index in [1.165, 1.54) is 11.1 Å². The van der Waals surface area contributed by atoms with Gasteiger partial charge in [-0.15, -0.1) is 0 Å². The topological polar surface area (TPSA) is 0 Å². The normalized spacial score (nSPS) is 11.5. The summed E-state index contributed by atoms with van der Waals surface area (Å²) < 4.78 is 2.24. The Hall–Kier alpha value is -0.181. The van der Waals surface area contributed by atoms with Crippen LogP contribution in [0.25, 0.3) is 0 Å². The van der Waals surface area contributed by atoms with Gasteiger partial charge in [0.05, 0.1) is 0 Å². The van der Waals surface area contributed by atoms with Gasteiger partial charge in [0.1, 0.15) is 0 Å². The first-order chi connectivity index (χ1) is 8.00. The molecule has 0 aliphatic heterocycles. The van der Waals surface area contributed by atoms with Crippen molar-refractivity contribution in [1.29, 1.82) is 0 Å². The fourth-order valence-electron chi connectivity index (χ4n) is 1.85. The number of halogens is 2. The molecule has 0 spiro atoms. The van der Waals surface area contributed by atoms with Crippen LogP contribution in [0.1, 0.15) is 11.1 Å². The van der Waals surface area contributed by atoms with Gasteiger partial charge < -0.3 is 0 Å². The molecule has 2 rings (SSSR count). The third-order valence-electron chi connectivity index (χ3n) is 2.76. The summed E-state index contributed by atoms with van der Waals surface area (Å²) in [4.78, 5) is 0. The molecule has 0 saturated heterocycles. The van der Waals surface area contributed by atoms with Gasteiger partial charge >= 0.3 is 115 Å². The number of aryl methyl sites for hydroxylation is 2. The molecule has 0 unspecified atom stereocenters. The van der Waals surface area contributed by atoms with Crippen LogP contribution in [0.2, 0.25) is 0 Å². The Kier molecular flexibility index (Phi) is 4.06. The Bertz CT molecular complexity index is 488. The number of rotatable bonds is 2. The second-order valence-corrected chi connectivity index (χ2v) is 19.8. The fraction of sp³-hybridized carbons (Fsp3) is 0.143. The fourth-order valence-corrected chi connectivity index (χ4v) is 10.0. The van der Waals surface area contributed by atoms with Crippen LogP contribution in [0.4, 0.5) is 0 Å². The van der Waals surface area contributed by atoms with Gasteiger partial charge in [-0.25, -0.2) is 0 Å². The average Bonchev–Trinajstić information content (AvgIpc) is 2.29. The maximum atomic E-state index is 6.71. The van der Waals surface area contributed by atoms with Crippen molar-refractivity contribution < 1.29 is 0 Å². The summed E-state index contributed by atoms with van der Waals surface area (Å²) in [6, 6.07) is 16.5. The van der Waals surface area contributed by atoms with Crippen molar-refractivity contribution in [3.8, 4) is 0 Å². The van der Waals surface area contributed by atoms with Crippen LogP contribution in [-0.4, -0.2) is 16.1 Å². The SMILES string of the molecule is Cc1ccc[c]([Sn]([Cl])([Cl])[c]2cccc(C)c2)c1. The monoisotopic (exact) mass is 372 g/mol. The summed E-state index contributed by atoms with van der Waals surface area (Å²) in [5.74, 6) is 0. The number of hydrogen-bond donors (Lipinski definition) is 0. The zero-order chi connectivity index (χ0) is 12.5. The minimum atomic E-state index is -3.39. The predicted octanol–water partition coefficient (Wildman–Crippen LogP) is 3.34. The molecule has 2 aromatic carbocycles. The molecule has 2 aromatic rings. The van der Waals surface area contributed by atoms with E-state index in [1.54, 1.807) is 0 Å². The van der Waals surface area contributed by atoms with E-state index >= 15 is 0 Å². The number of benzene rings is 2. The van der Waals surface area contributed by atoms with Crippen molar-refractivity contribution in [2.75, 3.05) is 0 Å². The van der Waals surface area contributed by atoms with Crippen molar-refractivity contribution in [3.63, 3.8) is 0 Å². The zero-order valence-corrected chi connectivity index (χ0v) is 14.2. The van der Waals surface area contributed by atoms with Gasteiger partial charge in [-0.3, -0.25) is 0 Å². The quantitative estimate of drug-likeness (QED) is 0.710. The molecule has 0 aromatic heterocycles. The molecule has 0 amide bonds. The summed E-state index contributed by atoms with van der Waals surface area (Å²) in [6.07, 6.45) is 0. The van der Waals surface area contributed by atoms with Crippen molar-refractivity contribution in [2.45, 2.75) is 13.8 Å². The number of hydrogen-bond acceptors (Lipinski definition) is 0. The van der Waals surface area contributed by atoms with E-state index in [1.807, 2.05) is 24.3 Å². The first kappa shape index (κ1) is 13.3. The van der Waals surface area contributed by atoms with Crippen LogP contribution in [0.5, 0.6) is 0 Å². The van der Waals surface area contributed by atoms with Gasteiger partial charge in [-0.2, -0.15) is 0 Å². The Morgan fingerprint density at radius 1 is 0.765 bits per heavy atom. The van der Waals surface area contributed by atoms with Crippen LogP contribution in [0.3, 0.4) is 0 Å². The van der Waals surface area contributed by atoms with Crippen LogP contribution in [0, 0.1) is 13.8 Å². The standard InChI is InChI=1S/2C7H7.2ClH.Sn/c2*1-7-5-3-2-4-6-7;;;/h2*2-3,5-6H,1H3;2*1H;/q;;;;+2/p-2. The molecule has 0 heterocycles. The third-order valence-corrected chi connectivity index (χ3v) is 14.5. The van der Waals surface area contributed by atoms with E-state index < -0.39 is 16.1 Å². The Morgan fingerprint density at radius 2 is 1.18 bits per heavy atom. The Balaban J connectivity index is 2.49. The van der Waals surface area contributed by atoms with Crippen molar-refractivity contribution in [3.05, 3.63) is 59.7 Å². The van der Waals surface area contributed by atoms with E-state index in [0.29, 0.717) is 0 Å². The van der Waals surface area contributed by atoms with E-state index in [9.17, 15) is 0 Å². The average molecular weight is 372 g/mol. The van der Waals surface area contributed by atoms with Crippen molar-refractivity contribution in [1.82, 2.24) is 0 Å². The second-order valence-electron chi connectivity index (χ2n) is 4.31. The van der Waals surface area contributed by atoms with E-state index in [2.05, 4.69) is 38.1 Å². The predicted molar refractivity (Wildman–Crippen MR) is 79.1 cm³/mol. The molecule has 0 aliphatic carbocycles. The van der Waals surface area contributed by atoms with Crippen LogP contribution >= 0.6 is 17.8 Å². The molecule has 3 heteroatoms. The van der Waals surface area contributed by atoms with E-state index in [4.69, 9.17) is 17.8 Å². The molecule has 17 heavy (non-hydrogen) atoms. The Labute approximate surface area is 114 Å². The van der Waals surface area contributed by atoms with Gasteiger partial charge in [0.15, 0.2) is 0 Å². The molecule has 0 nitrogen and oxygen atoms in total. The van der Waals surface area contributed by atoms with Gasteiger partial charge in [0, 0.05) is 0 Å². The molecule has 0 fully saturated rings. The first-order valence-corrected chi connectivity index (χ1v) is 15.6. The summed E-state index contributed by atoms with van der Waals surface area (Å²) in [5, 5.41) is 0. The van der Waals surface area contributed by atoms with E-state index in [0.717, 1.165) is 7.16 Å². The Morgan fingerprint density at radius 3 is 1.53 bits per heavy atom. The summed E-state index contributed by atoms with van der Waals surface area (Å²) >= 11 is -3.39. The van der Waals surface area contributed by atoms with Crippen molar-refractivity contribution >= 4 is 41.1 Å². The van der Waals surface area contributed by atoms with Crippen LogP contribution in [0.15, 0.2) is 48.5 Å². The molecule has 0 atom stereocenters. The molecule has 0 saturated carbocycles. The second kappa shape index (κ2) is 5.21. The zero-order valence-electron chi connectivity index (χ0n) is 9.87. The third kappa shape index (κ3) is 2.98. The van der Waals surface area contributed by atoms with Crippen LogP contribution in [-0.2, 0) is 0 Å². The summed E-state index contributed by atoms with van der Waals surface area (Å²) in [7, 11) is 13.4. The first-order valence-electron chi connectivity index (χ1n) is 5.52. The summed E-state index contributed by atoms with van der Waals surface area (Å²) in [6.45, 7) is 4.13. The maximum absolute atomic E-state index is 6.71. The van der Waals surface area contributed by atoms with Gasteiger partial charge in [-0.05, 0) is 0 Å². The molecular weight excluding hydrogens is 358 g/mol. The van der Waals surface area contributed by atoms with Gasteiger partial charge in [-0.1, -0.05) is 0 Å². The molecule has 0 radical (unpaired) electrons. The molecule has 0 bridgehead atoms. The molecular formula is C14H14Cl2Sn. The van der Waals surface area contributed by atoms with E-state index in [-0.39, 0.29) is 0 Å². The summed E-state index contributed by atoms with van der Waals surface area (Å²) in [5.41, 5.74) is 2.41. The van der Waals surface area contributed by atoms with Gasteiger partial charge in [0.25, 0.3) is 0 Å².